The van der Waals surface area contributed by atoms with Crippen LogP contribution in [0.5, 0.6) is 0 Å². The topological polar surface area (TPSA) is 55.1 Å². The quantitative estimate of drug-likeness (QED) is 0.661. The molecule has 1 saturated carbocycles. The molecule has 2 rings (SSSR count). The molecule has 1 aliphatic carbocycles. The van der Waals surface area contributed by atoms with Crippen molar-refractivity contribution in [1.29, 1.82) is 0 Å². The lowest BCUT2D eigenvalue weighted by Crippen LogP contribution is -2.32. The van der Waals surface area contributed by atoms with Gasteiger partial charge in [0.1, 0.15) is 0 Å². The van der Waals surface area contributed by atoms with Crippen LogP contribution in [0.2, 0.25) is 0 Å². The molecule has 1 fully saturated rings. The highest BCUT2D eigenvalue weighted by atomic mass is 35.5. The number of nitrogens with two attached hydrogens (primary N) is 1. The molecular weight excluding hydrogens is 272 g/mol. The minimum atomic E-state index is 0. The van der Waals surface area contributed by atoms with Crippen LogP contribution in [0.4, 0.5) is 5.69 Å². The van der Waals surface area contributed by atoms with Gasteiger partial charge in [0.2, 0.25) is 5.91 Å². The van der Waals surface area contributed by atoms with E-state index in [-0.39, 0.29) is 24.2 Å². The molecule has 3 N–H and O–H groups in total. The normalized spacial score (nSPS) is 16.0. The van der Waals surface area contributed by atoms with Gasteiger partial charge in [0.05, 0.1) is 0 Å². The zero-order chi connectivity index (χ0) is 13.5. The molecule has 1 aromatic carbocycles. The van der Waals surface area contributed by atoms with E-state index < -0.39 is 0 Å². The van der Waals surface area contributed by atoms with Gasteiger partial charge in [-0.3, -0.25) is 4.79 Å². The Morgan fingerprint density at radius 3 is 2.30 bits per heavy atom. The van der Waals surface area contributed by atoms with Gasteiger partial charge in [-0.25, -0.2) is 0 Å². The van der Waals surface area contributed by atoms with Crippen molar-refractivity contribution in [2.45, 2.75) is 44.9 Å². The second-order valence-corrected chi connectivity index (χ2v) is 5.47. The fraction of sp³-hybridized carbons (Fsp3) is 0.562. The molecular formula is C16H25ClN2O. The lowest BCUT2D eigenvalue weighted by Gasteiger charge is -2.14. The summed E-state index contributed by atoms with van der Waals surface area (Å²) < 4.78 is 0. The van der Waals surface area contributed by atoms with E-state index >= 15 is 0 Å². The molecule has 0 radical (unpaired) electrons. The first kappa shape index (κ1) is 16.8. The van der Waals surface area contributed by atoms with E-state index in [1.165, 1.54) is 31.2 Å². The third kappa shape index (κ3) is 5.41. The molecule has 1 aromatic rings. The Morgan fingerprint density at radius 1 is 1.10 bits per heavy atom. The third-order valence-electron chi connectivity index (χ3n) is 3.92. The number of anilines is 1. The molecule has 0 aliphatic heterocycles. The molecule has 0 saturated heterocycles. The summed E-state index contributed by atoms with van der Waals surface area (Å²) in [4.78, 5) is 12.1. The van der Waals surface area contributed by atoms with E-state index in [1.807, 2.05) is 24.3 Å². The van der Waals surface area contributed by atoms with E-state index in [1.54, 1.807) is 0 Å². The number of hydrogen-bond acceptors (Lipinski definition) is 2. The van der Waals surface area contributed by atoms with Crippen molar-refractivity contribution in [2.75, 3.05) is 12.3 Å². The molecule has 112 valence electrons. The van der Waals surface area contributed by atoms with Crippen LogP contribution in [-0.2, 0) is 11.2 Å². The van der Waals surface area contributed by atoms with E-state index in [0.29, 0.717) is 0 Å². The van der Waals surface area contributed by atoms with Gasteiger partial charge in [0.15, 0.2) is 0 Å². The van der Waals surface area contributed by atoms with E-state index in [9.17, 15) is 4.79 Å². The van der Waals surface area contributed by atoms with Crippen LogP contribution < -0.4 is 11.1 Å². The summed E-state index contributed by atoms with van der Waals surface area (Å²) in [6.45, 7) is 0.721. The van der Waals surface area contributed by atoms with Gasteiger partial charge in [0.25, 0.3) is 0 Å². The van der Waals surface area contributed by atoms with Gasteiger partial charge in [-0.05, 0) is 37.0 Å². The molecule has 0 unspecified atom stereocenters. The number of halogens is 1. The lowest BCUT2D eigenvalue weighted by atomic mass is 9.99. The first-order chi connectivity index (χ1) is 9.25. The van der Waals surface area contributed by atoms with Crippen molar-refractivity contribution in [2.24, 2.45) is 5.92 Å². The van der Waals surface area contributed by atoms with Crippen molar-refractivity contribution >= 4 is 24.0 Å². The molecule has 0 spiro atoms. The van der Waals surface area contributed by atoms with Crippen LogP contribution >= 0.6 is 12.4 Å². The summed E-state index contributed by atoms with van der Waals surface area (Å²) in [6.07, 6.45) is 7.98. The largest absolute Gasteiger partial charge is 0.399 e. The Labute approximate surface area is 127 Å². The molecule has 0 aromatic heterocycles. The maximum Gasteiger partial charge on any atom is 0.223 e. The third-order valence-corrected chi connectivity index (χ3v) is 3.92. The van der Waals surface area contributed by atoms with Gasteiger partial charge < -0.3 is 11.1 Å². The zero-order valence-corrected chi connectivity index (χ0v) is 12.8. The number of benzene rings is 1. The van der Waals surface area contributed by atoms with Crippen molar-refractivity contribution < 1.29 is 4.79 Å². The van der Waals surface area contributed by atoms with Crippen molar-refractivity contribution in [3.05, 3.63) is 29.8 Å². The second-order valence-electron chi connectivity index (χ2n) is 5.47. The van der Waals surface area contributed by atoms with Crippen LogP contribution in [0.3, 0.4) is 0 Å². The maximum atomic E-state index is 12.1. The molecule has 0 bridgehead atoms. The van der Waals surface area contributed by atoms with Crippen LogP contribution in [-0.4, -0.2) is 12.5 Å². The fourth-order valence-electron chi connectivity index (χ4n) is 2.70. The van der Waals surface area contributed by atoms with E-state index in [2.05, 4.69) is 5.32 Å². The number of rotatable bonds is 4. The highest BCUT2D eigenvalue weighted by Crippen LogP contribution is 2.22. The summed E-state index contributed by atoms with van der Waals surface area (Å²) in [6, 6.07) is 7.85. The number of hydrogen-bond donors (Lipinski definition) is 2. The van der Waals surface area contributed by atoms with Crippen LogP contribution in [0, 0.1) is 5.92 Å². The molecule has 0 atom stereocenters. The predicted molar refractivity (Wildman–Crippen MR) is 86.0 cm³/mol. The standard InChI is InChI=1S/C16H24N2O.ClH/c17-15-9-7-13(8-10-15)11-12-18-16(19)14-5-3-1-2-4-6-14;/h7-10,14H,1-6,11-12,17H2,(H,18,19);1H. The van der Waals surface area contributed by atoms with Crippen LogP contribution in [0.25, 0.3) is 0 Å². The Bertz CT molecular complexity index is 397. The van der Waals surface area contributed by atoms with Gasteiger partial charge in [-0.1, -0.05) is 37.8 Å². The summed E-state index contributed by atoms with van der Waals surface area (Å²) in [7, 11) is 0. The highest BCUT2D eigenvalue weighted by molar-refractivity contribution is 5.85. The van der Waals surface area contributed by atoms with Crippen LogP contribution in [0.1, 0.15) is 44.1 Å². The molecule has 3 nitrogen and oxygen atoms in total. The summed E-state index contributed by atoms with van der Waals surface area (Å²) >= 11 is 0. The number of nitrogens with one attached hydrogen (secondary N) is 1. The Balaban J connectivity index is 0.00000200. The first-order valence-corrected chi connectivity index (χ1v) is 7.38. The summed E-state index contributed by atoms with van der Waals surface area (Å²) in [5, 5.41) is 3.07. The molecule has 1 amide bonds. The SMILES string of the molecule is Cl.Nc1ccc(CCNC(=O)C2CCCCCC2)cc1. The van der Waals surface area contributed by atoms with Crippen molar-refractivity contribution in [3.63, 3.8) is 0 Å². The summed E-state index contributed by atoms with van der Waals surface area (Å²) in [5.74, 6) is 0.492. The predicted octanol–water partition coefficient (Wildman–Crippen LogP) is 3.32. The number of nitrogen functional groups attached to an aromatic ring is 1. The fourth-order valence-corrected chi connectivity index (χ4v) is 2.70. The Hall–Kier alpha value is -1.22. The van der Waals surface area contributed by atoms with Gasteiger partial charge in [0, 0.05) is 18.2 Å². The van der Waals surface area contributed by atoms with E-state index in [4.69, 9.17) is 5.73 Å². The van der Waals surface area contributed by atoms with Gasteiger partial charge in [-0.2, -0.15) is 0 Å². The Kier molecular flexibility index (Phi) is 7.45. The smallest absolute Gasteiger partial charge is 0.223 e. The van der Waals surface area contributed by atoms with E-state index in [0.717, 1.165) is 31.5 Å². The van der Waals surface area contributed by atoms with Crippen molar-refractivity contribution in [3.8, 4) is 0 Å². The number of amides is 1. The summed E-state index contributed by atoms with van der Waals surface area (Å²) in [5.41, 5.74) is 7.65. The number of carbonyl (C=O) groups excluding carboxylic acids is 1. The molecule has 4 heteroatoms. The van der Waals surface area contributed by atoms with Crippen LogP contribution in [0.15, 0.2) is 24.3 Å². The average molecular weight is 297 g/mol. The zero-order valence-electron chi connectivity index (χ0n) is 11.9. The highest BCUT2D eigenvalue weighted by Gasteiger charge is 2.19. The maximum absolute atomic E-state index is 12.1. The minimum absolute atomic E-state index is 0. The molecule has 0 heterocycles. The Morgan fingerprint density at radius 2 is 1.70 bits per heavy atom. The van der Waals surface area contributed by atoms with Gasteiger partial charge >= 0.3 is 0 Å². The second kappa shape index (κ2) is 8.85. The van der Waals surface area contributed by atoms with Gasteiger partial charge in [-0.15, -0.1) is 12.4 Å². The molecule has 1 aliphatic rings. The monoisotopic (exact) mass is 296 g/mol. The lowest BCUT2D eigenvalue weighted by molar-refractivity contribution is -0.125. The molecule has 20 heavy (non-hydrogen) atoms. The number of carbonyl (C=O) groups is 1. The first-order valence-electron chi connectivity index (χ1n) is 7.38. The average Bonchev–Trinajstić information content (AvgIpc) is 2.70. The van der Waals surface area contributed by atoms with Crippen molar-refractivity contribution in [1.82, 2.24) is 5.32 Å². The minimum Gasteiger partial charge on any atom is -0.399 e.